The van der Waals surface area contributed by atoms with E-state index in [4.69, 9.17) is 0 Å². The Balaban J connectivity index is 1.55. The van der Waals surface area contributed by atoms with E-state index >= 15 is 0 Å². The van der Waals surface area contributed by atoms with E-state index in [9.17, 15) is 0 Å². The number of hydrogen-bond donors (Lipinski definition) is 1. The van der Waals surface area contributed by atoms with E-state index in [2.05, 4.69) is 69.8 Å². The van der Waals surface area contributed by atoms with E-state index in [1.54, 1.807) is 0 Å². The number of aromatic nitrogens is 2. The number of nitrogens with one attached hydrogen (secondary N) is 1. The highest BCUT2D eigenvalue weighted by Gasteiger charge is 2.45. The first kappa shape index (κ1) is 19.0. The number of para-hydroxylation sites is 1. The van der Waals surface area contributed by atoms with Crippen molar-refractivity contribution in [1.29, 1.82) is 0 Å². The van der Waals surface area contributed by atoms with Gasteiger partial charge in [-0.25, -0.2) is 0 Å². The number of anilines is 1. The number of fused-ring (bicyclic) bond motifs is 2. The van der Waals surface area contributed by atoms with Crippen LogP contribution in [0.25, 0.3) is 0 Å². The van der Waals surface area contributed by atoms with E-state index in [1.807, 2.05) is 25.0 Å². The highest BCUT2D eigenvalue weighted by molar-refractivity contribution is 5.98. The van der Waals surface area contributed by atoms with Crippen molar-refractivity contribution < 1.29 is 0 Å². The van der Waals surface area contributed by atoms with Crippen molar-refractivity contribution in [3.8, 4) is 0 Å². The van der Waals surface area contributed by atoms with Crippen LogP contribution in [0.15, 0.2) is 41.7 Å². The molecule has 1 aliphatic carbocycles. The van der Waals surface area contributed by atoms with E-state index in [0.717, 1.165) is 19.0 Å². The molecule has 1 aliphatic heterocycles. The Labute approximate surface area is 168 Å². The molecule has 150 valence electrons. The van der Waals surface area contributed by atoms with E-state index in [-0.39, 0.29) is 6.04 Å². The predicted molar refractivity (Wildman–Crippen MR) is 115 cm³/mol. The van der Waals surface area contributed by atoms with Crippen molar-refractivity contribution in [3.63, 3.8) is 0 Å². The summed E-state index contributed by atoms with van der Waals surface area (Å²) in [6.07, 6.45) is 9.28. The Morgan fingerprint density at radius 3 is 2.68 bits per heavy atom. The Bertz CT molecular complexity index is 846. The van der Waals surface area contributed by atoms with Gasteiger partial charge in [0.1, 0.15) is 0 Å². The molecule has 0 saturated heterocycles. The lowest BCUT2D eigenvalue weighted by Gasteiger charge is -2.29. The number of aryl methyl sites for hydroxylation is 1. The second-order valence-corrected chi connectivity index (χ2v) is 8.45. The van der Waals surface area contributed by atoms with E-state index in [0.29, 0.717) is 5.41 Å². The van der Waals surface area contributed by atoms with Crippen LogP contribution < -0.4 is 10.2 Å². The lowest BCUT2D eigenvalue weighted by molar-refractivity contribution is 0.298. The second kappa shape index (κ2) is 7.59. The van der Waals surface area contributed by atoms with Crippen LogP contribution >= 0.6 is 0 Å². The molecule has 4 rings (SSSR count). The van der Waals surface area contributed by atoms with Crippen molar-refractivity contribution in [3.05, 3.63) is 47.8 Å². The van der Waals surface area contributed by atoms with Crippen LogP contribution in [0.5, 0.6) is 0 Å². The van der Waals surface area contributed by atoms with Gasteiger partial charge in [-0.1, -0.05) is 31.0 Å². The SMILES string of the molecule is CN=C(NCC(c1cnn(C)c1)N(C)C)N1CC2(CCCC2)c2ccccc21. The summed E-state index contributed by atoms with van der Waals surface area (Å²) in [6.45, 7) is 1.82. The molecule has 1 aromatic heterocycles. The summed E-state index contributed by atoms with van der Waals surface area (Å²) < 4.78 is 1.86. The van der Waals surface area contributed by atoms with E-state index in [1.165, 1.54) is 42.5 Å². The zero-order valence-electron chi connectivity index (χ0n) is 17.5. The first-order chi connectivity index (χ1) is 13.5. The maximum Gasteiger partial charge on any atom is 0.198 e. The third-order valence-electron chi connectivity index (χ3n) is 6.44. The predicted octanol–water partition coefficient (Wildman–Crippen LogP) is 2.93. The fourth-order valence-electron chi connectivity index (χ4n) is 4.99. The maximum absolute atomic E-state index is 4.65. The van der Waals surface area contributed by atoms with Crippen LogP contribution in [0, 0.1) is 0 Å². The maximum atomic E-state index is 4.65. The highest BCUT2D eigenvalue weighted by atomic mass is 15.3. The van der Waals surface area contributed by atoms with Gasteiger partial charge in [0.15, 0.2) is 5.96 Å². The van der Waals surface area contributed by atoms with Crippen LogP contribution in [0.1, 0.15) is 42.9 Å². The van der Waals surface area contributed by atoms with Gasteiger partial charge < -0.3 is 15.1 Å². The molecular formula is C22H32N6. The zero-order chi connectivity index (χ0) is 19.7. The normalized spacial score (nSPS) is 19.5. The van der Waals surface area contributed by atoms with Gasteiger partial charge in [0, 0.05) is 50.0 Å². The average molecular weight is 381 g/mol. The third kappa shape index (κ3) is 3.30. The van der Waals surface area contributed by atoms with Gasteiger partial charge in [-0.15, -0.1) is 0 Å². The molecule has 2 aromatic rings. The van der Waals surface area contributed by atoms with Crippen LogP contribution in [-0.2, 0) is 12.5 Å². The zero-order valence-corrected chi connectivity index (χ0v) is 17.5. The standard InChI is InChI=1S/C22H32N6/c1-23-21(24-14-20(26(2)3)17-13-25-27(4)15-17)28-16-22(11-7-8-12-22)18-9-5-6-10-19(18)28/h5-6,9-10,13,15,20H,7-8,11-12,14,16H2,1-4H3,(H,23,24). The van der Waals surface area contributed by atoms with Crippen molar-refractivity contribution in [2.45, 2.75) is 37.1 Å². The Morgan fingerprint density at radius 1 is 1.29 bits per heavy atom. The largest absolute Gasteiger partial charge is 0.354 e. The molecule has 1 N–H and O–H groups in total. The number of guanidine groups is 1. The number of benzene rings is 1. The van der Waals surface area contributed by atoms with Gasteiger partial charge in [-0.3, -0.25) is 9.67 Å². The van der Waals surface area contributed by atoms with Crippen LogP contribution in [0.4, 0.5) is 5.69 Å². The Kier molecular flexibility index (Phi) is 5.15. The molecule has 1 fully saturated rings. The van der Waals surface area contributed by atoms with Gasteiger partial charge in [0.25, 0.3) is 0 Å². The van der Waals surface area contributed by atoms with Crippen LogP contribution in [0.3, 0.4) is 0 Å². The monoisotopic (exact) mass is 380 g/mol. The fourth-order valence-corrected chi connectivity index (χ4v) is 4.99. The molecule has 1 unspecified atom stereocenters. The molecular weight excluding hydrogens is 348 g/mol. The first-order valence-corrected chi connectivity index (χ1v) is 10.3. The number of nitrogens with zero attached hydrogens (tertiary/aromatic N) is 5. The fraction of sp³-hybridized carbons (Fsp3) is 0.545. The van der Waals surface area contributed by atoms with Gasteiger partial charge in [0.2, 0.25) is 0 Å². The summed E-state index contributed by atoms with van der Waals surface area (Å²) in [4.78, 5) is 9.28. The summed E-state index contributed by atoms with van der Waals surface area (Å²) in [5.74, 6) is 0.965. The number of aliphatic imine (C=N–C) groups is 1. The number of rotatable bonds is 4. The number of hydrogen-bond acceptors (Lipinski definition) is 3. The van der Waals surface area contributed by atoms with Crippen molar-refractivity contribution >= 4 is 11.6 Å². The molecule has 0 radical (unpaired) electrons. The van der Waals surface area contributed by atoms with Crippen molar-refractivity contribution in [2.24, 2.45) is 12.0 Å². The summed E-state index contributed by atoms with van der Waals surface area (Å²) >= 11 is 0. The smallest absolute Gasteiger partial charge is 0.198 e. The van der Waals surface area contributed by atoms with E-state index < -0.39 is 0 Å². The topological polar surface area (TPSA) is 48.7 Å². The lowest BCUT2D eigenvalue weighted by Crippen LogP contribution is -2.45. The summed E-state index contributed by atoms with van der Waals surface area (Å²) in [5, 5.41) is 7.99. The molecule has 28 heavy (non-hydrogen) atoms. The van der Waals surface area contributed by atoms with Crippen LogP contribution in [0.2, 0.25) is 0 Å². The molecule has 6 heteroatoms. The number of likely N-dealkylation sites (N-methyl/N-ethyl adjacent to an activating group) is 1. The molecule has 0 amide bonds. The minimum absolute atomic E-state index is 0.240. The second-order valence-electron chi connectivity index (χ2n) is 8.45. The van der Waals surface area contributed by atoms with Gasteiger partial charge >= 0.3 is 0 Å². The first-order valence-electron chi connectivity index (χ1n) is 10.3. The molecule has 2 aliphatic rings. The minimum Gasteiger partial charge on any atom is -0.354 e. The molecule has 1 atom stereocenters. The molecule has 1 spiro atoms. The molecule has 6 nitrogen and oxygen atoms in total. The summed E-state index contributed by atoms with van der Waals surface area (Å²) in [7, 11) is 8.08. The minimum atomic E-state index is 0.240. The molecule has 2 heterocycles. The molecule has 1 aromatic carbocycles. The van der Waals surface area contributed by atoms with Gasteiger partial charge in [-0.05, 0) is 38.6 Å². The molecule has 0 bridgehead atoms. The lowest BCUT2D eigenvalue weighted by atomic mass is 9.81. The highest BCUT2D eigenvalue weighted by Crippen LogP contribution is 2.50. The Morgan fingerprint density at radius 2 is 2.04 bits per heavy atom. The summed E-state index contributed by atoms with van der Waals surface area (Å²) in [6, 6.07) is 9.14. The van der Waals surface area contributed by atoms with Gasteiger partial charge in [0.05, 0.1) is 12.2 Å². The molecule has 1 saturated carbocycles. The quantitative estimate of drug-likeness (QED) is 0.654. The third-order valence-corrected chi connectivity index (χ3v) is 6.44. The van der Waals surface area contributed by atoms with Crippen LogP contribution in [-0.4, -0.2) is 54.9 Å². The summed E-state index contributed by atoms with van der Waals surface area (Å²) in [5.41, 5.74) is 4.34. The van der Waals surface area contributed by atoms with Gasteiger partial charge in [-0.2, -0.15) is 5.10 Å². The average Bonchev–Trinajstić information content (AvgIpc) is 3.40. The van der Waals surface area contributed by atoms with Crippen molar-refractivity contribution in [2.75, 3.05) is 39.1 Å². The Hall–Kier alpha value is -2.34. The van der Waals surface area contributed by atoms with Crippen molar-refractivity contribution in [1.82, 2.24) is 20.0 Å².